The van der Waals surface area contributed by atoms with Crippen LogP contribution in [0.1, 0.15) is 46.0 Å². The van der Waals surface area contributed by atoms with E-state index < -0.39 is 12.0 Å². The highest BCUT2D eigenvalue weighted by atomic mass is 16.5. The summed E-state index contributed by atoms with van der Waals surface area (Å²) in [6.07, 6.45) is 5.79. The minimum atomic E-state index is -0.785. The standard InChI is InChI=1S/C13H25NO3/c1-3-14-11(13(15)16)8-9-17-12-7-5-4-6-10(12)2/h10-12,14H,3-9H2,1-2H3,(H,15,16). The maximum Gasteiger partial charge on any atom is 0.320 e. The normalized spacial score (nSPS) is 26.7. The zero-order valence-corrected chi connectivity index (χ0v) is 10.9. The van der Waals surface area contributed by atoms with Gasteiger partial charge in [-0.3, -0.25) is 4.79 Å². The Bertz CT molecular complexity index is 233. The third kappa shape index (κ3) is 5.04. The molecule has 3 unspecified atom stereocenters. The molecule has 0 spiro atoms. The maximum absolute atomic E-state index is 10.9. The molecule has 4 nitrogen and oxygen atoms in total. The Morgan fingerprint density at radius 3 is 2.76 bits per heavy atom. The summed E-state index contributed by atoms with van der Waals surface area (Å²) in [5, 5.41) is 11.9. The molecule has 2 N–H and O–H groups in total. The summed E-state index contributed by atoms with van der Waals surface area (Å²) in [5.41, 5.74) is 0. The first-order valence-corrected chi connectivity index (χ1v) is 6.73. The van der Waals surface area contributed by atoms with Crippen LogP contribution < -0.4 is 5.32 Å². The molecule has 1 saturated carbocycles. The number of rotatable bonds is 7. The summed E-state index contributed by atoms with van der Waals surface area (Å²) >= 11 is 0. The van der Waals surface area contributed by atoms with Gasteiger partial charge in [0.2, 0.25) is 0 Å². The van der Waals surface area contributed by atoms with E-state index in [-0.39, 0.29) is 0 Å². The lowest BCUT2D eigenvalue weighted by atomic mass is 9.88. The fourth-order valence-electron chi connectivity index (χ4n) is 2.43. The molecule has 3 atom stereocenters. The van der Waals surface area contributed by atoms with E-state index in [4.69, 9.17) is 9.84 Å². The van der Waals surface area contributed by atoms with Crippen LogP contribution in [0.3, 0.4) is 0 Å². The number of hydrogen-bond acceptors (Lipinski definition) is 3. The summed E-state index contributed by atoms with van der Waals surface area (Å²) in [5.74, 6) is -0.168. The molecule has 0 heterocycles. The molecular formula is C13H25NO3. The molecule has 1 aliphatic rings. The van der Waals surface area contributed by atoms with E-state index in [9.17, 15) is 4.79 Å². The predicted molar refractivity (Wildman–Crippen MR) is 67.1 cm³/mol. The highest BCUT2D eigenvalue weighted by molar-refractivity contribution is 5.73. The van der Waals surface area contributed by atoms with Crippen molar-refractivity contribution in [1.29, 1.82) is 0 Å². The van der Waals surface area contributed by atoms with Gasteiger partial charge in [0.25, 0.3) is 0 Å². The summed E-state index contributed by atoms with van der Waals surface area (Å²) in [6, 6.07) is -0.473. The number of aliphatic carboxylic acids is 1. The van der Waals surface area contributed by atoms with Gasteiger partial charge < -0.3 is 15.2 Å². The van der Waals surface area contributed by atoms with Gasteiger partial charge in [0, 0.05) is 6.61 Å². The van der Waals surface area contributed by atoms with Crippen molar-refractivity contribution in [2.24, 2.45) is 5.92 Å². The molecule has 0 saturated heterocycles. The van der Waals surface area contributed by atoms with Crippen LogP contribution in [0.15, 0.2) is 0 Å². The van der Waals surface area contributed by atoms with Gasteiger partial charge in [-0.05, 0) is 31.7 Å². The van der Waals surface area contributed by atoms with Crippen molar-refractivity contribution in [3.63, 3.8) is 0 Å². The van der Waals surface area contributed by atoms with Crippen molar-refractivity contribution in [3.8, 4) is 0 Å². The number of hydrogen-bond donors (Lipinski definition) is 2. The summed E-state index contributed by atoms with van der Waals surface area (Å²) in [6.45, 7) is 5.36. The van der Waals surface area contributed by atoms with Crippen LogP contribution in [0.2, 0.25) is 0 Å². The largest absolute Gasteiger partial charge is 0.480 e. The number of carboxylic acid groups (broad SMARTS) is 1. The number of carbonyl (C=O) groups is 1. The molecule has 1 rings (SSSR count). The topological polar surface area (TPSA) is 58.6 Å². The minimum Gasteiger partial charge on any atom is -0.480 e. The second kappa shape index (κ2) is 7.67. The van der Waals surface area contributed by atoms with Crippen LogP contribution >= 0.6 is 0 Å². The molecule has 1 fully saturated rings. The molecule has 0 bridgehead atoms. The summed E-state index contributed by atoms with van der Waals surface area (Å²) in [7, 11) is 0. The smallest absolute Gasteiger partial charge is 0.320 e. The van der Waals surface area contributed by atoms with Crippen LogP contribution in [-0.2, 0) is 9.53 Å². The van der Waals surface area contributed by atoms with Gasteiger partial charge in [-0.15, -0.1) is 0 Å². The van der Waals surface area contributed by atoms with E-state index in [0.717, 1.165) is 6.42 Å². The fraction of sp³-hybridized carbons (Fsp3) is 0.923. The molecule has 0 aromatic rings. The first-order chi connectivity index (χ1) is 8.15. The van der Waals surface area contributed by atoms with E-state index in [1.165, 1.54) is 19.3 Å². The van der Waals surface area contributed by atoms with E-state index >= 15 is 0 Å². The lowest BCUT2D eigenvalue weighted by molar-refractivity contribution is -0.140. The molecule has 0 aliphatic heterocycles. The Labute approximate surface area is 104 Å². The predicted octanol–water partition coefficient (Wildman–Crippen LogP) is 2.03. The minimum absolute atomic E-state index is 0.333. The monoisotopic (exact) mass is 243 g/mol. The van der Waals surface area contributed by atoms with Gasteiger partial charge in [-0.2, -0.15) is 0 Å². The quantitative estimate of drug-likeness (QED) is 0.718. The van der Waals surface area contributed by atoms with Gasteiger partial charge >= 0.3 is 5.97 Å². The van der Waals surface area contributed by atoms with Crippen LogP contribution in [-0.4, -0.2) is 36.4 Å². The van der Waals surface area contributed by atoms with E-state index in [0.29, 0.717) is 31.6 Å². The molecule has 100 valence electrons. The average molecular weight is 243 g/mol. The van der Waals surface area contributed by atoms with Crippen molar-refractivity contribution < 1.29 is 14.6 Å². The molecule has 0 aromatic heterocycles. The zero-order chi connectivity index (χ0) is 12.7. The van der Waals surface area contributed by atoms with Crippen LogP contribution in [0.4, 0.5) is 0 Å². The summed E-state index contributed by atoms with van der Waals surface area (Å²) in [4.78, 5) is 10.9. The van der Waals surface area contributed by atoms with Crippen molar-refractivity contribution in [2.75, 3.05) is 13.2 Å². The van der Waals surface area contributed by atoms with E-state index in [1.807, 2.05) is 6.92 Å². The average Bonchev–Trinajstić information content (AvgIpc) is 2.30. The number of ether oxygens (including phenoxy) is 1. The van der Waals surface area contributed by atoms with Gasteiger partial charge in [-0.1, -0.05) is 26.7 Å². The van der Waals surface area contributed by atoms with Crippen LogP contribution in [0.25, 0.3) is 0 Å². The Balaban J connectivity index is 2.22. The van der Waals surface area contributed by atoms with Crippen LogP contribution in [0, 0.1) is 5.92 Å². The number of likely N-dealkylation sites (N-methyl/N-ethyl adjacent to an activating group) is 1. The van der Waals surface area contributed by atoms with Crippen molar-refractivity contribution in [2.45, 2.75) is 58.1 Å². The third-order valence-electron chi connectivity index (χ3n) is 3.52. The first-order valence-electron chi connectivity index (χ1n) is 6.73. The van der Waals surface area contributed by atoms with E-state index in [1.54, 1.807) is 0 Å². The molecule has 1 aliphatic carbocycles. The SMILES string of the molecule is CCNC(CCOC1CCCCC1C)C(=O)O. The highest BCUT2D eigenvalue weighted by Gasteiger charge is 2.23. The van der Waals surface area contributed by atoms with Crippen LogP contribution in [0.5, 0.6) is 0 Å². The lowest BCUT2D eigenvalue weighted by Crippen LogP contribution is -2.38. The number of nitrogens with one attached hydrogen (secondary N) is 1. The molecule has 4 heteroatoms. The van der Waals surface area contributed by atoms with Gasteiger partial charge in [-0.25, -0.2) is 0 Å². The molecule has 0 amide bonds. The maximum atomic E-state index is 10.9. The lowest BCUT2D eigenvalue weighted by Gasteiger charge is -2.29. The zero-order valence-electron chi connectivity index (χ0n) is 10.9. The van der Waals surface area contributed by atoms with Crippen molar-refractivity contribution >= 4 is 5.97 Å². The Morgan fingerprint density at radius 1 is 1.47 bits per heavy atom. The van der Waals surface area contributed by atoms with Crippen molar-refractivity contribution in [1.82, 2.24) is 5.32 Å². The van der Waals surface area contributed by atoms with E-state index in [2.05, 4.69) is 12.2 Å². The summed E-state index contributed by atoms with van der Waals surface area (Å²) < 4.78 is 5.82. The molecule has 0 radical (unpaired) electrons. The first kappa shape index (κ1) is 14.5. The van der Waals surface area contributed by atoms with Gasteiger partial charge in [0.1, 0.15) is 6.04 Å². The van der Waals surface area contributed by atoms with Gasteiger partial charge in [0.05, 0.1) is 6.10 Å². The molecular weight excluding hydrogens is 218 g/mol. The van der Waals surface area contributed by atoms with Gasteiger partial charge in [0.15, 0.2) is 0 Å². The molecule has 17 heavy (non-hydrogen) atoms. The fourth-order valence-corrected chi connectivity index (χ4v) is 2.43. The Morgan fingerprint density at radius 2 is 2.18 bits per heavy atom. The van der Waals surface area contributed by atoms with Crippen molar-refractivity contribution in [3.05, 3.63) is 0 Å². The molecule has 0 aromatic carbocycles. The second-order valence-electron chi connectivity index (χ2n) is 4.91. The number of carboxylic acids is 1. The highest BCUT2D eigenvalue weighted by Crippen LogP contribution is 2.26. The second-order valence-corrected chi connectivity index (χ2v) is 4.91. The third-order valence-corrected chi connectivity index (χ3v) is 3.52. The Kier molecular flexibility index (Phi) is 6.52. The Hall–Kier alpha value is -0.610.